The first kappa shape index (κ1) is 24.7. The zero-order valence-corrected chi connectivity index (χ0v) is 18.6. The van der Waals surface area contributed by atoms with Crippen LogP contribution in [0.3, 0.4) is 0 Å². The number of rotatable bonds is 15. The van der Waals surface area contributed by atoms with Gasteiger partial charge in [0.2, 0.25) is 0 Å². The Morgan fingerprint density at radius 3 is 2.16 bits per heavy atom. The Kier molecular flexibility index (Phi) is 10.9. The second kappa shape index (κ2) is 13.6. The Labute approximate surface area is 183 Å². The Morgan fingerprint density at radius 1 is 0.871 bits per heavy atom. The number of esters is 1. The molecule has 2 aromatic carbocycles. The summed E-state index contributed by atoms with van der Waals surface area (Å²) in [6, 6.07) is 9.99. The third-order valence-corrected chi connectivity index (χ3v) is 4.34. The van der Waals surface area contributed by atoms with Crippen LogP contribution in [0.25, 0.3) is 10.8 Å². The van der Waals surface area contributed by atoms with E-state index in [4.69, 9.17) is 28.4 Å². The molecule has 0 N–H and O–H groups in total. The smallest absolute Gasteiger partial charge is 0.333 e. The van der Waals surface area contributed by atoms with Crippen LogP contribution >= 0.6 is 0 Å². The molecule has 0 amide bonds. The van der Waals surface area contributed by atoms with E-state index in [1.807, 2.05) is 37.3 Å². The average Bonchev–Trinajstić information content (AvgIpc) is 2.76. The zero-order chi connectivity index (χ0) is 22.5. The SMILES string of the molecule is C=C(C)C(=O)OCCOCCOCCOc1c(C)cc(OCCOC)c2ccccc12. The van der Waals surface area contributed by atoms with Crippen molar-refractivity contribution < 1.29 is 33.2 Å². The second-order valence-corrected chi connectivity index (χ2v) is 6.90. The molecule has 170 valence electrons. The summed E-state index contributed by atoms with van der Waals surface area (Å²) in [5.74, 6) is 1.24. The van der Waals surface area contributed by atoms with Crippen LogP contribution in [0.1, 0.15) is 12.5 Å². The van der Waals surface area contributed by atoms with Crippen molar-refractivity contribution >= 4 is 16.7 Å². The largest absolute Gasteiger partial charge is 0.491 e. The normalized spacial score (nSPS) is 10.8. The van der Waals surface area contributed by atoms with Crippen LogP contribution in [-0.2, 0) is 23.7 Å². The minimum atomic E-state index is -0.408. The maximum absolute atomic E-state index is 11.2. The fourth-order valence-electron chi connectivity index (χ4n) is 2.84. The van der Waals surface area contributed by atoms with Crippen molar-refractivity contribution in [1.82, 2.24) is 0 Å². The molecular weight excluding hydrogens is 400 g/mol. The molecule has 31 heavy (non-hydrogen) atoms. The van der Waals surface area contributed by atoms with Gasteiger partial charge in [0, 0.05) is 23.5 Å². The summed E-state index contributed by atoms with van der Waals surface area (Å²) >= 11 is 0. The van der Waals surface area contributed by atoms with Gasteiger partial charge < -0.3 is 28.4 Å². The Hall–Kier alpha value is -2.61. The molecule has 0 fully saturated rings. The summed E-state index contributed by atoms with van der Waals surface area (Å²) < 4.78 is 32.8. The van der Waals surface area contributed by atoms with E-state index in [0.717, 1.165) is 27.8 Å². The molecule has 0 saturated heterocycles. The molecule has 0 aliphatic carbocycles. The molecule has 7 nitrogen and oxygen atoms in total. The number of ether oxygens (including phenoxy) is 6. The van der Waals surface area contributed by atoms with Crippen molar-refractivity contribution in [2.75, 3.05) is 60.0 Å². The first-order valence-corrected chi connectivity index (χ1v) is 10.3. The summed E-state index contributed by atoms with van der Waals surface area (Å²) in [5.41, 5.74) is 1.37. The van der Waals surface area contributed by atoms with Gasteiger partial charge in [0.1, 0.15) is 31.3 Å². The van der Waals surface area contributed by atoms with Gasteiger partial charge in [-0.05, 0) is 25.5 Å². The van der Waals surface area contributed by atoms with E-state index in [-0.39, 0.29) is 6.61 Å². The van der Waals surface area contributed by atoms with Gasteiger partial charge in [0.05, 0.1) is 33.0 Å². The monoisotopic (exact) mass is 432 g/mol. The predicted octanol–water partition coefficient (Wildman–Crippen LogP) is 3.70. The van der Waals surface area contributed by atoms with E-state index in [0.29, 0.717) is 51.8 Å². The van der Waals surface area contributed by atoms with Crippen molar-refractivity contribution in [3.8, 4) is 11.5 Å². The lowest BCUT2D eigenvalue weighted by Crippen LogP contribution is -2.14. The highest BCUT2D eigenvalue weighted by Gasteiger charge is 2.12. The summed E-state index contributed by atoms with van der Waals surface area (Å²) in [6.07, 6.45) is 0. The van der Waals surface area contributed by atoms with E-state index in [1.54, 1.807) is 14.0 Å². The molecule has 0 bridgehead atoms. The molecule has 7 heteroatoms. The first-order valence-electron chi connectivity index (χ1n) is 10.3. The van der Waals surface area contributed by atoms with Crippen molar-refractivity contribution in [3.05, 3.63) is 48.0 Å². The number of benzene rings is 2. The van der Waals surface area contributed by atoms with Crippen molar-refractivity contribution in [3.63, 3.8) is 0 Å². The number of aryl methyl sites for hydroxylation is 1. The second-order valence-electron chi connectivity index (χ2n) is 6.90. The van der Waals surface area contributed by atoms with E-state index in [9.17, 15) is 4.79 Å². The highest BCUT2D eigenvalue weighted by molar-refractivity contribution is 5.94. The highest BCUT2D eigenvalue weighted by atomic mass is 16.6. The topological polar surface area (TPSA) is 72.5 Å². The number of carbonyl (C=O) groups excluding carboxylic acids is 1. The summed E-state index contributed by atoms with van der Waals surface area (Å²) in [5, 5.41) is 2.00. The van der Waals surface area contributed by atoms with Crippen LogP contribution in [-0.4, -0.2) is 65.9 Å². The lowest BCUT2D eigenvalue weighted by atomic mass is 10.0. The lowest BCUT2D eigenvalue weighted by Gasteiger charge is -2.16. The fraction of sp³-hybridized carbons (Fsp3) is 0.458. The van der Waals surface area contributed by atoms with Crippen LogP contribution in [0.15, 0.2) is 42.5 Å². The molecule has 0 saturated carbocycles. The molecule has 0 heterocycles. The lowest BCUT2D eigenvalue weighted by molar-refractivity contribution is -0.140. The number of hydrogen-bond donors (Lipinski definition) is 0. The van der Waals surface area contributed by atoms with E-state index in [2.05, 4.69) is 6.58 Å². The summed E-state index contributed by atoms with van der Waals surface area (Å²) in [6.45, 7) is 10.4. The molecule has 0 aliphatic heterocycles. The van der Waals surface area contributed by atoms with E-state index >= 15 is 0 Å². The van der Waals surface area contributed by atoms with Gasteiger partial charge in [0.15, 0.2) is 0 Å². The fourth-order valence-corrected chi connectivity index (χ4v) is 2.84. The van der Waals surface area contributed by atoms with E-state index < -0.39 is 5.97 Å². The van der Waals surface area contributed by atoms with Gasteiger partial charge in [-0.1, -0.05) is 30.8 Å². The Bertz CT molecular complexity index is 847. The van der Waals surface area contributed by atoms with Crippen LogP contribution in [0.2, 0.25) is 0 Å². The minimum absolute atomic E-state index is 0.201. The summed E-state index contributed by atoms with van der Waals surface area (Å²) in [4.78, 5) is 11.2. The van der Waals surface area contributed by atoms with Crippen molar-refractivity contribution in [2.45, 2.75) is 13.8 Å². The predicted molar refractivity (Wildman–Crippen MR) is 119 cm³/mol. The van der Waals surface area contributed by atoms with Gasteiger partial charge in [-0.25, -0.2) is 4.79 Å². The van der Waals surface area contributed by atoms with Gasteiger partial charge in [-0.3, -0.25) is 0 Å². The number of fused-ring (bicyclic) bond motifs is 1. The van der Waals surface area contributed by atoms with Gasteiger partial charge in [0.25, 0.3) is 0 Å². The molecule has 0 atom stereocenters. The number of methoxy groups -OCH3 is 1. The number of carbonyl (C=O) groups is 1. The van der Waals surface area contributed by atoms with Crippen LogP contribution in [0.5, 0.6) is 11.5 Å². The molecule has 0 aromatic heterocycles. The van der Waals surface area contributed by atoms with Crippen LogP contribution < -0.4 is 9.47 Å². The molecular formula is C24H32O7. The van der Waals surface area contributed by atoms with Gasteiger partial charge in [-0.2, -0.15) is 0 Å². The van der Waals surface area contributed by atoms with Gasteiger partial charge >= 0.3 is 5.97 Å². The van der Waals surface area contributed by atoms with Gasteiger partial charge in [-0.15, -0.1) is 0 Å². The molecule has 2 rings (SSSR count). The molecule has 0 spiro atoms. The summed E-state index contributed by atoms with van der Waals surface area (Å²) in [7, 11) is 1.65. The van der Waals surface area contributed by atoms with Crippen LogP contribution in [0, 0.1) is 6.92 Å². The average molecular weight is 433 g/mol. The highest BCUT2D eigenvalue weighted by Crippen LogP contribution is 2.36. The van der Waals surface area contributed by atoms with Crippen molar-refractivity contribution in [2.24, 2.45) is 0 Å². The number of hydrogen-bond acceptors (Lipinski definition) is 7. The molecule has 0 unspecified atom stereocenters. The van der Waals surface area contributed by atoms with Crippen LogP contribution in [0.4, 0.5) is 0 Å². The Balaban J connectivity index is 1.73. The standard InChI is InChI=1S/C24H32O7/c1-18(2)24(25)31-16-13-28-11-10-27-12-15-30-23-19(3)17-22(29-14-9-26-4)20-7-5-6-8-21(20)23/h5-8,17H,1,9-16H2,2-4H3. The van der Waals surface area contributed by atoms with Crippen molar-refractivity contribution in [1.29, 1.82) is 0 Å². The first-order chi connectivity index (χ1) is 15.0. The quantitative estimate of drug-likeness (QED) is 0.241. The maximum Gasteiger partial charge on any atom is 0.333 e. The molecule has 0 aliphatic rings. The Morgan fingerprint density at radius 2 is 1.48 bits per heavy atom. The third-order valence-electron chi connectivity index (χ3n) is 4.34. The minimum Gasteiger partial charge on any atom is -0.491 e. The molecule has 0 radical (unpaired) electrons. The third kappa shape index (κ3) is 8.20. The van der Waals surface area contributed by atoms with E-state index in [1.165, 1.54) is 0 Å². The molecule has 2 aromatic rings. The zero-order valence-electron chi connectivity index (χ0n) is 18.6. The maximum atomic E-state index is 11.2.